The fraction of sp³-hybridized carbons (Fsp3) is 0.525. The number of carbonyl (C=O) groups is 4. The van der Waals surface area contributed by atoms with Crippen LogP contribution in [0, 0.1) is 5.92 Å². The number of alkyl carbamates (subject to hydrolysis) is 1. The number of rotatable bonds is 8. The summed E-state index contributed by atoms with van der Waals surface area (Å²) in [6, 6.07) is 6.18. The Labute approximate surface area is 329 Å². The van der Waals surface area contributed by atoms with Crippen LogP contribution in [0.15, 0.2) is 59.7 Å². The maximum absolute atomic E-state index is 14.6. The molecule has 5 atom stereocenters. The highest BCUT2D eigenvalue weighted by atomic mass is 32.2. The van der Waals surface area contributed by atoms with Gasteiger partial charge in [0, 0.05) is 30.5 Å². The van der Waals surface area contributed by atoms with E-state index in [1.165, 1.54) is 22.9 Å². The van der Waals surface area contributed by atoms with Gasteiger partial charge in [-0.25, -0.2) is 17.9 Å². The van der Waals surface area contributed by atoms with Crippen LogP contribution in [0.4, 0.5) is 4.79 Å². The molecule has 2 aromatic heterocycles. The summed E-state index contributed by atoms with van der Waals surface area (Å²) in [7, 11) is -2.54. The van der Waals surface area contributed by atoms with E-state index in [-0.39, 0.29) is 37.7 Å². The van der Waals surface area contributed by atoms with Crippen molar-refractivity contribution in [1.82, 2.24) is 35.0 Å². The highest BCUT2D eigenvalue weighted by molar-refractivity contribution is 7.91. The summed E-state index contributed by atoms with van der Waals surface area (Å²) in [5, 5.41) is 10.3. The molecular formula is C40H47N7O9S. The molecule has 0 spiro atoms. The average Bonchev–Trinajstić information content (AvgIpc) is 4.11. The number of methoxy groups -OCH3 is 1. The quantitative estimate of drug-likeness (QED) is 0.282. The SMILES string of the molecule is COc1c(-c2ccnc3ccccc23)cnn(C2C[C@H]3C(=O)NC4(C(=O)NS(=O)(=O)C5CC5)CC4/C=C\CCCCCC(NC(=O)OC4CCC4)C(=O)N3C2)c1=O. The number of carbonyl (C=O) groups excluding carboxylic acids is 4. The largest absolute Gasteiger partial charge is 0.491 e. The van der Waals surface area contributed by atoms with E-state index in [0.717, 1.165) is 43.0 Å². The van der Waals surface area contributed by atoms with Gasteiger partial charge in [-0.3, -0.25) is 28.9 Å². The van der Waals surface area contributed by atoms with Gasteiger partial charge in [0.15, 0.2) is 5.75 Å². The zero-order valence-electron chi connectivity index (χ0n) is 31.7. The van der Waals surface area contributed by atoms with Crippen molar-refractivity contribution in [2.24, 2.45) is 5.92 Å². The molecule has 3 aromatic rings. The molecule has 5 aliphatic rings. The van der Waals surface area contributed by atoms with E-state index in [0.29, 0.717) is 36.8 Å². The third kappa shape index (κ3) is 7.73. The van der Waals surface area contributed by atoms with Gasteiger partial charge in [-0.2, -0.15) is 5.10 Å². The maximum Gasteiger partial charge on any atom is 0.408 e. The Morgan fingerprint density at radius 2 is 1.79 bits per heavy atom. The lowest BCUT2D eigenvalue weighted by Gasteiger charge is -2.31. The first kappa shape index (κ1) is 38.5. The summed E-state index contributed by atoms with van der Waals surface area (Å²) in [5.74, 6) is -2.51. The van der Waals surface area contributed by atoms with Crippen LogP contribution < -0.4 is 25.7 Å². The number of amides is 4. The number of benzene rings is 1. The topological polar surface area (TPSA) is 208 Å². The zero-order valence-corrected chi connectivity index (χ0v) is 32.5. The summed E-state index contributed by atoms with van der Waals surface area (Å²) in [4.78, 5) is 75.9. The molecule has 1 aromatic carbocycles. The van der Waals surface area contributed by atoms with Crippen molar-refractivity contribution >= 4 is 44.7 Å². The predicted octanol–water partition coefficient (Wildman–Crippen LogP) is 3.26. The number of nitrogens with one attached hydrogen (secondary N) is 3. The van der Waals surface area contributed by atoms with Crippen molar-refractivity contribution in [3.63, 3.8) is 0 Å². The van der Waals surface area contributed by atoms with Gasteiger partial charge in [-0.15, -0.1) is 0 Å². The smallest absolute Gasteiger partial charge is 0.408 e. The van der Waals surface area contributed by atoms with Crippen LogP contribution in [0.2, 0.25) is 0 Å². The Hall–Kier alpha value is -5.32. The van der Waals surface area contributed by atoms with E-state index in [2.05, 4.69) is 25.4 Å². The molecular weight excluding hydrogens is 755 g/mol. The second kappa shape index (κ2) is 15.6. The summed E-state index contributed by atoms with van der Waals surface area (Å²) >= 11 is 0. The van der Waals surface area contributed by atoms with Gasteiger partial charge < -0.3 is 25.0 Å². The number of allylic oxidation sites excluding steroid dienone is 1. The molecule has 3 saturated carbocycles. The van der Waals surface area contributed by atoms with Crippen LogP contribution in [0.3, 0.4) is 0 Å². The fourth-order valence-electron chi connectivity index (χ4n) is 8.20. The van der Waals surface area contributed by atoms with Gasteiger partial charge in [-0.05, 0) is 75.5 Å². The van der Waals surface area contributed by atoms with Crippen LogP contribution in [0.25, 0.3) is 22.0 Å². The Morgan fingerprint density at radius 1 is 0.982 bits per heavy atom. The third-order valence-corrected chi connectivity index (χ3v) is 13.7. The van der Waals surface area contributed by atoms with E-state index < -0.39 is 74.2 Å². The van der Waals surface area contributed by atoms with Crippen molar-refractivity contribution in [2.75, 3.05) is 13.7 Å². The van der Waals surface area contributed by atoms with Crippen molar-refractivity contribution in [3.05, 3.63) is 65.2 Å². The molecule has 1 saturated heterocycles. The van der Waals surface area contributed by atoms with Gasteiger partial charge >= 0.3 is 11.7 Å². The molecule has 302 valence electrons. The zero-order chi connectivity index (χ0) is 39.9. The Bertz CT molecular complexity index is 2280. The molecule has 0 radical (unpaired) electrons. The van der Waals surface area contributed by atoms with Gasteiger partial charge in [0.2, 0.25) is 21.8 Å². The number of aromatic nitrogens is 3. The predicted molar refractivity (Wildman–Crippen MR) is 207 cm³/mol. The lowest BCUT2D eigenvalue weighted by molar-refractivity contribution is -0.141. The van der Waals surface area contributed by atoms with E-state index in [4.69, 9.17) is 9.47 Å². The van der Waals surface area contributed by atoms with Crippen LogP contribution in [0.1, 0.15) is 83.1 Å². The Morgan fingerprint density at radius 3 is 2.54 bits per heavy atom. The number of sulfonamides is 1. The monoisotopic (exact) mass is 801 g/mol. The number of ether oxygens (including phenoxy) is 2. The van der Waals surface area contributed by atoms with Crippen molar-refractivity contribution < 1.29 is 37.1 Å². The normalized spacial score (nSPS) is 27.4. The van der Waals surface area contributed by atoms with Crippen LogP contribution in [-0.2, 0) is 29.1 Å². The summed E-state index contributed by atoms with van der Waals surface area (Å²) < 4.78 is 40.4. The number of hydrogen-bond acceptors (Lipinski definition) is 11. The molecule has 16 nitrogen and oxygen atoms in total. The van der Waals surface area contributed by atoms with E-state index >= 15 is 0 Å². The lowest BCUT2D eigenvalue weighted by atomic mass is 9.96. The number of hydrogen-bond donors (Lipinski definition) is 3. The minimum Gasteiger partial charge on any atom is -0.491 e. The number of nitrogens with zero attached hydrogens (tertiary/aromatic N) is 4. The number of fused-ring (bicyclic) bond motifs is 3. The molecule has 4 amide bonds. The summed E-state index contributed by atoms with van der Waals surface area (Å²) in [5.41, 5.74) is -0.291. The molecule has 2 aliphatic heterocycles. The van der Waals surface area contributed by atoms with Crippen molar-refractivity contribution in [1.29, 1.82) is 0 Å². The van der Waals surface area contributed by atoms with Crippen molar-refractivity contribution in [2.45, 2.75) is 112 Å². The van der Waals surface area contributed by atoms with Gasteiger partial charge in [-0.1, -0.05) is 43.2 Å². The summed E-state index contributed by atoms with van der Waals surface area (Å²) in [6.07, 6.45) is 12.5. The molecule has 3 N–H and O–H groups in total. The van der Waals surface area contributed by atoms with Gasteiger partial charge in [0.05, 0.1) is 35.7 Å². The molecule has 4 unspecified atom stereocenters. The lowest BCUT2D eigenvalue weighted by Crippen LogP contribution is -2.58. The Balaban J connectivity index is 1.13. The minimum atomic E-state index is -3.93. The highest BCUT2D eigenvalue weighted by Gasteiger charge is 2.62. The first-order chi connectivity index (χ1) is 27.5. The number of para-hydroxylation sites is 1. The second-order valence-electron chi connectivity index (χ2n) is 15.8. The van der Waals surface area contributed by atoms with E-state index in [1.54, 1.807) is 12.3 Å². The standard InChI is InChI=1S/C40H47N7O9S/c1-55-34-30(28-18-19-41-31-14-8-7-13-29(28)31)22-42-47(37(34)50)25-20-33-35(48)44-40(38(51)45-57(53,54)27-16-17-27)21-24(40)10-5-3-2-4-6-15-32(36(49)46(33)23-25)43-39(52)56-26-11-9-12-26/h5,7-8,10,13-14,18-19,22,24-27,32-33H,2-4,6,9,11-12,15-17,20-21,23H2,1H3,(H,43,52)(H,44,48)(H,45,51)/b10-5-/t24?,25?,32?,33-,40?/m0/s1. The molecule has 4 fully saturated rings. The third-order valence-electron chi connectivity index (χ3n) is 11.9. The first-order valence-electron chi connectivity index (χ1n) is 19.8. The van der Waals surface area contributed by atoms with E-state index in [9.17, 15) is 32.4 Å². The molecule has 57 heavy (non-hydrogen) atoms. The average molecular weight is 802 g/mol. The molecule has 3 aliphatic carbocycles. The highest BCUT2D eigenvalue weighted by Crippen LogP contribution is 2.46. The molecule has 8 rings (SSSR count). The van der Waals surface area contributed by atoms with Crippen LogP contribution in [0.5, 0.6) is 5.75 Å². The van der Waals surface area contributed by atoms with Gasteiger partial charge in [0.25, 0.3) is 5.91 Å². The molecule has 17 heteroatoms. The van der Waals surface area contributed by atoms with Crippen LogP contribution >= 0.6 is 0 Å². The maximum atomic E-state index is 14.6. The first-order valence-corrected chi connectivity index (χ1v) is 21.4. The molecule has 0 bridgehead atoms. The Kier molecular flexibility index (Phi) is 10.5. The van der Waals surface area contributed by atoms with E-state index in [1.807, 2.05) is 36.4 Å². The minimum absolute atomic E-state index is 0.0139. The van der Waals surface area contributed by atoms with Gasteiger partial charge in [0.1, 0.15) is 23.7 Å². The number of pyridine rings is 1. The fourth-order valence-corrected chi connectivity index (χ4v) is 9.57. The second-order valence-corrected chi connectivity index (χ2v) is 17.7. The molecule has 4 heterocycles. The summed E-state index contributed by atoms with van der Waals surface area (Å²) in [6.45, 7) is -0.126. The van der Waals surface area contributed by atoms with Crippen LogP contribution in [-0.4, -0.2) is 94.5 Å². The van der Waals surface area contributed by atoms with Crippen molar-refractivity contribution in [3.8, 4) is 16.9 Å².